The second-order valence-electron chi connectivity index (χ2n) is 5.71. The maximum atomic E-state index is 13.0. The zero-order chi connectivity index (χ0) is 16.2. The normalized spacial score (nSPS) is 12.4. The van der Waals surface area contributed by atoms with Crippen molar-refractivity contribution < 1.29 is 18.7 Å². The van der Waals surface area contributed by atoms with Crippen molar-refractivity contribution in [2.75, 3.05) is 0 Å². The molecule has 0 spiro atoms. The van der Waals surface area contributed by atoms with E-state index in [1.54, 1.807) is 20.8 Å². The molecule has 0 heterocycles. The molecule has 114 valence electrons. The molecule has 1 amide bonds. The van der Waals surface area contributed by atoms with Crippen LogP contribution in [0.5, 0.6) is 0 Å². The maximum absolute atomic E-state index is 13.0. The number of amides is 1. The number of rotatable bonds is 4. The van der Waals surface area contributed by atoms with Gasteiger partial charge in [-0.3, -0.25) is 4.79 Å². The van der Waals surface area contributed by atoms with Gasteiger partial charge < -0.3 is 10.1 Å². The lowest BCUT2D eigenvalue weighted by atomic mass is 9.97. The van der Waals surface area contributed by atoms with Gasteiger partial charge in [0.1, 0.15) is 11.4 Å². The highest BCUT2D eigenvalue weighted by molar-refractivity contribution is 5.94. The van der Waals surface area contributed by atoms with E-state index in [4.69, 9.17) is 4.74 Å². The van der Waals surface area contributed by atoms with Crippen LogP contribution in [0, 0.1) is 5.82 Å². The van der Waals surface area contributed by atoms with Crippen LogP contribution in [-0.4, -0.2) is 17.5 Å². The summed E-state index contributed by atoms with van der Waals surface area (Å²) in [6.07, 6.45) is -0.667. The van der Waals surface area contributed by atoms with Crippen LogP contribution in [0.2, 0.25) is 0 Å². The third-order valence-electron chi connectivity index (χ3n) is 2.67. The highest BCUT2D eigenvalue weighted by Crippen LogP contribution is 2.22. The van der Waals surface area contributed by atoms with Gasteiger partial charge in [0.25, 0.3) is 0 Å². The summed E-state index contributed by atoms with van der Waals surface area (Å²) >= 11 is 0. The second-order valence-corrected chi connectivity index (χ2v) is 5.71. The Labute approximate surface area is 124 Å². The van der Waals surface area contributed by atoms with E-state index in [0.717, 1.165) is 0 Å². The number of nitrogens with one attached hydrogen (secondary N) is 1. The molecule has 5 heteroatoms. The molecular formula is C16H20FNO3. The van der Waals surface area contributed by atoms with Gasteiger partial charge in [0.05, 0.1) is 6.04 Å². The Morgan fingerprint density at radius 2 is 1.76 bits per heavy atom. The molecule has 0 aromatic heterocycles. The van der Waals surface area contributed by atoms with Crippen molar-refractivity contribution in [3.05, 3.63) is 47.8 Å². The molecule has 1 aromatic rings. The molecule has 1 aromatic carbocycles. The maximum Gasteiger partial charge on any atom is 0.408 e. The lowest BCUT2D eigenvalue weighted by Gasteiger charge is -2.24. The molecular weight excluding hydrogens is 273 g/mol. The van der Waals surface area contributed by atoms with Crippen molar-refractivity contribution in [2.24, 2.45) is 0 Å². The predicted molar refractivity (Wildman–Crippen MR) is 78.3 cm³/mol. The van der Waals surface area contributed by atoms with Crippen LogP contribution < -0.4 is 5.32 Å². The number of alkyl carbamates (subject to hydrolysis) is 1. The summed E-state index contributed by atoms with van der Waals surface area (Å²) < 4.78 is 18.2. The Balaban J connectivity index is 2.98. The first kappa shape index (κ1) is 16.9. The quantitative estimate of drug-likeness (QED) is 0.864. The monoisotopic (exact) mass is 293 g/mol. The van der Waals surface area contributed by atoms with Gasteiger partial charge in [-0.25, -0.2) is 9.18 Å². The Morgan fingerprint density at radius 3 is 2.19 bits per heavy atom. The Kier molecular flexibility index (Phi) is 5.24. The number of halogens is 1. The minimum Gasteiger partial charge on any atom is -0.444 e. The van der Waals surface area contributed by atoms with Crippen LogP contribution >= 0.6 is 0 Å². The van der Waals surface area contributed by atoms with E-state index in [-0.39, 0.29) is 11.4 Å². The summed E-state index contributed by atoms with van der Waals surface area (Å²) in [5.41, 5.74) is 0.101. The Morgan fingerprint density at radius 1 is 1.24 bits per heavy atom. The van der Waals surface area contributed by atoms with Gasteiger partial charge in [0, 0.05) is 5.57 Å². The molecule has 0 aliphatic rings. The highest BCUT2D eigenvalue weighted by atomic mass is 19.1. The zero-order valence-electron chi connectivity index (χ0n) is 12.7. The minimum atomic E-state index is -0.752. The largest absolute Gasteiger partial charge is 0.444 e. The van der Waals surface area contributed by atoms with Crippen LogP contribution in [-0.2, 0) is 9.53 Å². The predicted octanol–water partition coefficient (Wildman–Crippen LogP) is 3.54. The molecule has 21 heavy (non-hydrogen) atoms. The van der Waals surface area contributed by atoms with Gasteiger partial charge in [0.15, 0.2) is 5.78 Å². The molecule has 0 radical (unpaired) electrons. The van der Waals surface area contributed by atoms with Gasteiger partial charge in [-0.2, -0.15) is 0 Å². The van der Waals surface area contributed by atoms with Gasteiger partial charge >= 0.3 is 6.09 Å². The number of ketones is 1. The molecule has 4 nitrogen and oxygen atoms in total. The van der Waals surface area contributed by atoms with E-state index in [9.17, 15) is 14.0 Å². The van der Waals surface area contributed by atoms with Crippen LogP contribution in [0.25, 0.3) is 0 Å². The first-order valence-electron chi connectivity index (χ1n) is 6.55. The van der Waals surface area contributed by atoms with E-state index in [2.05, 4.69) is 11.9 Å². The smallest absolute Gasteiger partial charge is 0.408 e. The third-order valence-corrected chi connectivity index (χ3v) is 2.67. The lowest BCUT2D eigenvalue weighted by Crippen LogP contribution is -2.36. The number of ether oxygens (including phenoxy) is 1. The third kappa shape index (κ3) is 5.38. The van der Waals surface area contributed by atoms with Gasteiger partial charge in [-0.05, 0) is 45.4 Å². The molecule has 1 N–H and O–H groups in total. The van der Waals surface area contributed by atoms with Crippen LogP contribution in [0.1, 0.15) is 39.3 Å². The van der Waals surface area contributed by atoms with Crippen molar-refractivity contribution in [3.63, 3.8) is 0 Å². The molecule has 0 aliphatic carbocycles. The molecule has 1 rings (SSSR count). The number of carbonyl (C=O) groups excluding carboxylic acids is 2. The van der Waals surface area contributed by atoms with Crippen molar-refractivity contribution in [1.29, 1.82) is 0 Å². The summed E-state index contributed by atoms with van der Waals surface area (Å²) in [5, 5.41) is 2.59. The zero-order valence-corrected chi connectivity index (χ0v) is 12.7. The summed E-state index contributed by atoms with van der Waals surface area (Å²) in [5.74, 6) is -0.663. The first-order valence-corrected chi connectivity index (χ1v) is 6.55. The standard InChI is InChI=1S/C16H20FNO3/c1-10(11(2)19)14(12-6-8-13(17)9-7-12)18-15(20)21-16(3,4)5/h6-9,14H,1H2,2-5H3,(H,18,20). The molecule has 0 saturated carbocycles. The number of Topliss-reactive ketones (excluding diaryl/α,β-unsaturated/α-hetero) is 1. The summed E-state index contributed by atoms with van der Waals surface area (Å²) in [4.78, 5) is 23.4. The van der Waals surface area contributed by atoms with Crippen molar-refractivity contribution in [1.82, 2.24) is 5.32 Å². The first-order chi connectivity index (χ1) is 9.60. The fourth-order valence-corrected chi connectivity index (χ4v) is 1.66. The van der Waals surface area contributed by atoms with Gasteiger partial charge in [-0.1, -0.05) is 18.7 Å². The van der Waals surface area contributed by atoms with Crippen molar-refractivity contribution in [3.8, 4) is 0 Å². The molecule has 0 bridgehead atoms. The van der Waals surface area contributed by atoms with E-state index >= 15 is 0 Å². The van der Waals surface area contributed by atoms with Gasteiger partial charge in [0.2, 0.25) is 0 Å². The highest BCUT2D eigenvalue weighted by Gasteiger charge is 2.24. The fraction of sp³-hybridized carbons (Fsp3) is 0.375. The van der Waals surface area contributed by atoms with Crippen molar-refractivity contribution in [2.45, 2.75) is 39.3 Å². The number of benzene rings is 1. The summed E-state index contributed by atoms with van der Waals surface area (Å²) in [6, 6.07) is 4.74. The average molecular weight is 293 g/mol. The minimum absolute atomic E-state index is 0.201. The average Bonchev–Trinajstić information content (AvgIpc) is 2.34. The fourth-order valence-electron chi connectivity index (χ4n) is 1.66. The topological polar surface area (TPSA) is 55.4 Å². The molecule has 0 fully saturated rings. The van der Waals surface area contributed by atoms with Crippen LogP contribution in [0.3, 0.4) is 0 Å². The van der Waals surface area contributed by atoms with Crippen LogP contribution in [0.4, 0.5) is 9.18 Å². The lowest BCUT2D eigenvalue weighted by molar-refractivity contribution is -0.113. The van der Waals surface area contributed by atoms with E-state index in [1.807, 2.05) is 0 Å². The van der Waals surface area contributed by atoms with E-state index in [0.29, 0.717) is 5.56 Å². The van der Waals surface area contributed by atoms with Crippen molar-refractivity contribution >= 4 is 11.9 Å². The number of hydrogen-bond donors (Lipinski definition) is 1. The molecule has 1 unspecified atom stereocenters. The second kappa shape index (κ2) is 6.52. The van der Waals surface area contributed by atoms with E-state index in [1.165, 1.54) is 31.2 Å². The molecule has 1 atom stereocenters. The molecule has 0 aliphatic heterocycles. The molecule has 0 saturated heterocycles. The van der Waals surface area contributed by atoms with Crippen LogP contribution in [0.15, 0.2) is 36.4 Å². The Bertz CT molecular complexity index is 544. The number of hydrogen-bond acceptors (Lipinski definition) is 3. The summed E-state index contributed by atoms with van der Waals surface area (Å²) in [6.45, 7) is 10.3. The van der Waals surface area contributed by atoms with Gasteiger partial charge in [-0.15, -0.1) is 0 Å². The SMILES string of the molecule is C=C(C(C)=O)C(NC(=O)OC(C)(C)C)c1ccc(F)cc1. The van der Waals surface area contributed by atoms with E-state index < -0.39 is 23.6 Å². The summed E-state index contributed by atoms with van der Waals surface area (Å²) in [7, 11) is 0. The number of carbonyl (C=O) groups is 2. The Hall–Kier alpha value is -2.17.